The molecule has 0 N–H and O–H groups in total. The van der Waals surface area contributed by atoms with Crippen LogP contribution in [0, 0.1) is 0 Å². The van der Waals surface area contributed by atoms with Crippen molar-refractivity contribution in [2.45, 2.75) is 25.9 Å². The van der Waals surface area contributed by atoms with Gasteiger partial charge in [-0.25, -0.2) is 9.69 Å². The summed E-state index contributed by atoms with van der Waals surface area (Å²) < 4.78 is 10.8. The van der Waals surface area contributed by atoms with Crippen LogP contribution in [0.1, 0.15) is 18.1 Å². The number of imide groups is 1. The summed E-state index contributed by atoms with van der Waals surface area (Å²) in [5.41, 5.74) is 2.93. The van der Waals surface area contributed by atoms with E-state index >= 15 is 0 Å². The number of rotatable bonds is 4. The summed E-state index contributed by atoms with van der Waals surface area (Å²) >= 11 is 0. The van der Waals surface area contributed by atoms with Gasteiger partial charge in [0.05, 0.1) is 5.69 Å². The minimum atomic E-state index is -0.434. The summed E-state index contributed by atoms with van der Waals surface area (Å²) in [5.74, 6) is 1.38. The number of nitrogens with zero attached hydrogens (tertiary/aromatic N) is 3. The molecule has 3 heterocycles. The molecule has 2 saturated heterocycles. The predicted octanol–water partition coefficient (Wildman–Crippen LogP) is 2.63. The van der Waals surface area contributed by atoms with E-state index in [1.165, 1.54) is 10.5 Å². The van der Waals surface area contributed by atoms with Gasteiger partial charge < -0.3 is 14.4 Å². The molecule has 1 atom stereocenters. The second-order valence-corrected chi connectivity index (χ2v) is 7.61. The quantitative estimate of drug-likeness (QED) is 0.748. The molecule has 2 aromatic carbocycles. The average molecular weight is 393 g/mol. The SMILES string of the molecule is CCc1ccc(N2C(=O)C3CN(Cc4ccc5c(c4)OCO5)CCN3C2=O)cc1. The first kappa shape index (κ1) is 18.0. The number of fused-ring (bicyclic) bond motifs is 2. The average Bonchev–Trinajstić information content (AvgIpc) is 3.31. The summed E-state index contributed by atoms with van der Waals surface area (Å²) in [7, 11) is 0. The fraction of sp³-hybridized carbons (Fsp3) is 0.364. The highest BCUT2D eigenvalue weighted by molar-refractivity contribution is 6.21. The number of ether oxygens (including phenoxy) is 2. The molecule has 2 fully saturated rings. The van der Waals surface area contributed by atoms with E-state index in [-0.39, 0.29) is 18.7 Å². The number of hydrogen-bond donors (Lipinski definition) is 0. The number of amides is 3. The first-order valence-corrected chi connectivity index (χ1v) is 9.98. The highest BCUT2D eigenvalue weighted by Gasteiger charge is 2.48. The first-order valence-electron chi connectivity index (χ1n) is 9.98. The van der Waals surface area contributed by atoms with Crippen LogP contribution in [0.2, 0.25) is 0 Å². The van der Waals surface area contributed by atoms with E-state index in [0.717, 1.165) is 30.0 Å². The number of piperazine rings is 1. The molecule has 2 aromatic rings. The summed E-state index contributed by atoms with van der Waals surface area (Å²) in [6, 6.07) is 12.9. The number of benzene rings is 2. The Morgan fingerprint density at radius 1 is 0.966 bits per heavy atom. The topological polar surface area (TPSA) is 62.3 Å². The molecule has 0 bridgehead atoms. The van der Waals surface area contributed by atoms with Gasteiger partial charge in [-0.1, -0.05) is 25.1 Å². The number of anilines is 1. The Labute approximate surface area is 169 Å². The molecular weight excluding hydrogens is 370 g/mol. The van der Waals surface area contributed by atoms with Crippen LogP contribution >= 0.6 is 0 Å². The van der Waals surface area contributed by atoms with Crippen molar-refractivity contribution in [1.82, 2.24) is 9.80 Å². The van der Waals surface area contributed by atoms with Crippen LogP contribution in [-0.2, 0) is 17.8 Å². The second-order valence-electron chi connectivity index (χ2n) is 7.61. The fourth-order valence-corrected chi connectivity index (χ4v) is 4.21. The van der Waals surface area contributed by atoms with E-state index in [4.69, 9.17) is 9.47 Å². The Kier molecular flexibility index (Phi) is 4.39. The van der Waals surface area contributed by atoms with Crippen LogP contribution in [0.3, 0.4) is 0 Å². The molecule has 0 spiro atoms. The van der Waals surface area contributed by atoms with Gasteiger partial charge in [0, 0.05) is 26.2 Å². The first-order chi connectivity index (χ1) is 14.1. The molecule has 150 valence electrons. The zero-order valence-corrected chi connectivity index (χ0v) is 16.3. The lowest BCUT2D eigenvalue weighted by Crippen LogP contribution is -2.52. The van der Waals surface area contributed by atoms with Crippen molar-refractivity contribution in [3.8, 4) is 11.5 Å². The maximum absolute atomic E-state index is 13.1. The lowest BCUT2D eigenvalue weighted by Gasteiger charge is -2.35. The Morgan fingerprint density at radius 3 is 2.52 bits per heavy atom. The highest BCUT2D eigenvalue weighted by atomic mass is 16.7. The number of hydrogen-bond acceptors (Lipinski definition) is 5. The summed E-state index contributed by atoms with van der Waals surface area (Å²) in [4.78, 5) is 31.2. The van der Waals surface area contributed by atoms with Gasteiger partial charge in [-0.2, -0.15) is 0 Å². The number of aryl methyl sites for hydroxylation is 1. The largest absolute Gasteiger partial charge is 0.454 e. The van der Waals surface area contributed by atoms with Crippen molar-refractivity contribution < 1.29 is 19.1 Å². The maximum Gasteiger partial charge on any atom is 0.332 e. The number of carbonyl (C=O) groups is 2. The van der Waals surface area contributed by atoms with Gasteiger partial charge in [0.1, 0.15) is 6.04 Å². The van der Waals surface area contributed by atoms with Crippen LogP contribution in [0.4, 0.5) is 10.5 Å². The molecule has 0 aromatic heterocycles. The van der Waals surface area contributed by atoms with Crippen LogP contribution in [-0.4, -0.2) is 54.2 Å². The second kappa shape index (κ2) is 7.08. The Bertz CT molecular complexity index is 959. The van der Waals surface area contributed by atoms with Gasteiger partial charge >= 0.3 is 6.03 Å². The molecule has 5 rings (SSSR count). The standard InChI is InChI=1S/C22H23N3O4/c1-2-15-3-6-17(7-4-15)25-21(26)18-13-23(9-10-24(18)22(25)27)12-16-5-8-19-20(11-16)29-14-28-19/h3-8,11,18H,2,9-10,12-14H2,1H3. The van der Waals surface area contributed by atoms with Gasteiger partial charge in [0.2, 0.25) is 6.79 Å². The molecular formula is C22H23N3O4. The molecule has 3 aliphatic heterocycles. The van der Waals surface area contributed by atoms with Gasteiger partial charge in [-0.15, -0.1) is 0 Å². The smallest absolute Gasteiger partial charge is 0.332 e. The minimum Gasteiger partial charge on any atom is -0.454 e. The molecule has 3 amide bonds. The lowest BCUT2D eigenvalue weighted by molar-refractivity contribution is -0.121. The third kappa shape index (κ3) is 3.11. The normalized spacial score (nSPS) is 21.1. The van der Waals surface area contributed by atoms with Crippen molar-refractivity contribution in [2.24, 2.45) is 0 Å². The third-order valence-electron chi connectivity index (χ3n) is 5.85. The predicted molar refractivity (Wildman–Crippen MR) is 107 cm³/mol. The molecule has 0 saturated carbocycles. The Balaban J connectivity index is 1.31. The molecule has 3 aliphatic rings. The maximum atomic E-state index is 13.1. The van der Waals surface area contributed by atoms with E-state index in [9.17, 15) is 9.59 Å². The third-order valence-corrected chi connectivity index (χ3v) is 5.85. The van der Waals surface area contributed by atoms with Crippen LogP contribution in [0.25, 0.3) is 0 Å². The van der Waals surface area contributed by atoms with Gasteiger partial charge in [0.15, 0.2) is 11.5 Å². The number of urea groups is 1. The Morgan fingerprint density at radius 2 is 1.72 bits per heavy atom. The molecule has 7 nitrogen and oxygen atoms in total. The molecule has 1 unspecified atom stereocenters. The fourth-order valence-electron chi connectivity index (χ4n) is 4.21. The van der Waals surface area contributed by atoms with Crippen LogP contribution in [0.5, 0.6) is 11.5 Å². The zero-order chi connectivity index (χ0) is 20.0. The van der Waals surface area contributed by atoms with Crippen molar-refractivity contribution in [1.29, 1.82) is 0 Å². The summed E-state index contributed by atoms with van der Waals surface area (Å²) in [5, 5.41) is 0. The minimum absolute atomic E-state index is 0.144. The van der Waals surface area contributed by atoms with Gasteiger partial charge in [-0.05, 0) is 41.8 Å². The lowest BCUT2D eigenvalue weighted by atomic mass is 10.1. The van der Waals surface area contributed by atoms with E-state index in [0.29, 0.717) is 25.3 Å². The van der Waals surface area contributed by atoms with E-state index in [2.05, 4.69) is 11.8 Å². The molecule has 29 heavy (non-hydrogen) atoms. The van der Waals surface area contributed by atoms with E-state index < -0.39 is 6.04 Å². The Hall–Kier alpha value is -3.06. The van der Waals surface area contributed by atoms with E-state index in [1.807, 2.05) is 42.5 Å². The van der Waals surface area contributed by atoms with Crippen molar-refractivity contribution in [2.75, 3.05) is 31.3 Å². The van der Waals surface area contributed by atoms with Crippen LogP contribution in [0.15, 0.2) is 42.5 Å². The molecule has 0 radical (unpaired) electrons. The van der Waals surface area contributed by atoms with Gasteiger partial charge in [0.25, 0.3) is 5.91 Å². The molecule has 7 heteroatoms. The van der Waals surface area contributed by atoms with Crippen molar-refractivity contribution in [3.05, 3.63) is 53.6 Å². The summed E-state index contributed by atoms with van der Waals surface area (Å²) in [6.07, 6.45) is 0.922. The molecule has 0 aliphatic carbocycles. The van der Waals surface area contributed by atoms with E-state index in [1.54, 1.807) is 4.90 Å². The number of carbonyl (C=O) groups excluding carboxylic acids is 2. The highest BCUT2D eigenvalue weighted by Crippen LogP contribution is 2.33. The van der Waals surface area contributed by atoms with Crippen molar-refractivity contribution >= 4 is 17.6 Å². The van der Waals surface area contributed by atoms with Gasteiger partial charge in [-0.3, -0.25) is 9.69 Å². The van der Waals surface area contributed by atoms with Crippen LogP contribution < -0.4 is 14.4 Å². The summed E-state index contributed by atoms with van der Waals surface area (Å²) in [6.45, 7) is 4.84. The van der Waals surface area contributed by atoms with Crippen molar-refractivity contribution in [3.63, 3.8) is 0 Å². The monoisotopic (exact) mass is 393 g/mol. The zero-order valence-electron chi connectivity index (χ0n) is 16.3.